The van der Waals surface area contributed by atoms with Crippen molar-refractivity contribution in [3.8, 4) is 11.5 Å². The van der Waals surface area contributed by atoms with Gasteiger partial charge in [0, 0.05) is 11.1 Å². The minimum atomic E-state index is -3.90. The molecule has 6 nitrogen and oxygen atoms in total. The Labute approximate surface area is 138 Å². The van der Waals surface area contributed by atoms with E-state index in [-0.39, 0.29) is 10.5 Å². The molecule has 2 aromatic carbocycles. The maximum absolute atomic E-state index is 13.6. The van der Waals surface area contributed by atoms with Crippen molar-refractivity contribution in [2.24, 2.45) is 0 Å². The van der Waals surface area contributed by atoms with Crippen LogP contribution in [0.4, 0.5) is 10.1 Å². The second kappa shape index (κ2) is 6.04. The molecule has 0 aliphatic rings. The van der Waals surface area contributed by atoms with Gasteiger partial charge in [0.05, 0.1) is 10.6 Å². The molecule has 0 saturated carbocycles. The average molecular weight is 347 g/mol. The van der Waals surface area contributed by atoms with Crippen molar-refractivity contribution in [1.82, 2.24) is 10.2 Å². The molecule has 0 radical (unpaired) electrons. The summed E-state index contributed by atoms with van der Waals surface area (Å²) in [4.78, 5) is -0.0946. The summed E-state index contributed by atoms with van der Waals surface area (Å²) >= 11 is 0. The van der Waals surface area contributed by atoms with E-state index >= 15 is 0 Å². The van der Waals surface area contributed by atoms with Crippen LogP contribution in [0.1, 0.15) is 11.1 Å². The van der Waals surface area contributed by atoms with Gasteiger partial charge in [-0.3, -0.25) is 4.72 Å². The number of halogens is 1. The van der Waals surface area contributed by atoms with Gasteiger partial charge < -0.3 is 4.42 Å². The van der Waals surface area contributed by atoms with Crippen molar-refractivity contribution in [1.29, 1.82) is 0 Å². The third-order valence-corrected chi connectivity index (χ3v) is 5.10. The van der Waals surface area contributed by atoms with E-state index in [9.17, 15) is 12.8 Å². The number of anilines is 1. The van der Waals surface area contributed by atoms with E-state index in [0.29, 0.717) is 22.7 Å². The lowest BCUT2D eigenvalue weighted by molar-refractivity contribution is 0.568. The summed E-state index contributed by atoms with van der Waals surface area (Å²) < 4.78 is 46.3. The first-order valence-corrected chi connectivity index (χ1v) is 8.52. The van der Waals surface area contributed by atoms with Crippen LogP contribution in [0.3, 0.4) is 0 Å². The number of nitrogens with zero attached hydrogens (tertiary/aromatic N) is 2. The first kappa shape index (κ1) is 16.1. The van der Waals surface area contributed by atoms with Gasteiger partial charge in [-0.05, 0) is 49.7 Å². The number of sulfonamides is 1. The minimum absolute atomic E-state index is 0.0742. The quantitative estimate of drug-likeness (QED) is 0.783. The van der Waals surface area contributed by atoms with Crippen molar-refractivity contribution in [3.05, 3.63) is 59.7 Å². The van der Waals surface area contributed by atoms with Crippen LogP contribution in [0, 0.1) is 19.7 Å². The Morgan fingerprint density at radius 1 is 1.17 bits per heavy atom. The van der Waals surface area contributed by atoms with Gasteiger partial charge in [0.2, 0.25) is 12.3 Å². The highest BCUT2D eigenvalue weighted by Crippen LogP contribution is 2.26. The van der Waals surface area contributed by atoms with E-state index < -0.39 is 15.8 Å². The molecule has 0 fully saturated rings. The van der Waals surface area contributed by atoms with Crippen LogP contribution < -0.4 is 4.72 Å². The number of nitrogens with one attached hydrogen (secondary N) is 1. The number of benzene rings is 2. The summed E-state index contributed by atoms with van der Waals surface area (Å²) in [6.45, 7) is 3.17. The van der Waals surface area contributed by atoms with Crippen LogP contribution >= 0.6 is 0 Å². The number of aromatic nitrogens is 2. The van der Waals surface area contributed by atoms with E-state index in [1.54, 1.807) is 25.1 Å². The van der Waals surface area contributed by atoms with Crippen molar-refractivity contribution in [2.45, 2.75) is 18.7 Å². The van der Waals surface area contributed by atoms with Crippen molar-refractivity contribution < 1.29 is 17.2 Å². The van der Waals surface area contributed by atoms with E-state index in [4.69, 9.17) is 4.42 Å². The second-order valence-electron chi connectivity index (χ2n) is 5.24. The maximum Gasteiger partial charge on any atom is 0.262 e. The SMILES string of the molecule is Cc1cc(-c2nnco2)ccc1NS(=O)(=O)c1cccc(F)c1C. The summed E-state index contributed by atoms with van der Waals surface area (Å²) in [5, 5.41) is 7.41. The zero-order valence-corrected chi connectivity index (χ0v) is 13.8. The summed E-state index contributed by atoms with van der Waals surface area (Å²) in [5.41, 5.74) is 1.81. The average Bonchev–Trinajstić information content (AvgIpc) is 3.06. The van der Waals surface area contributed by atoms with Crippen molar-refractivity contribution in [3.63, 3.8) is 0 Å². The zero-order chi connectivity index (χ0) is 17.3. The number of rotatable bonds is 4. The van der Waals surface area contributed by atoms with E-state index in [2.05, 4.69) is 14.9 Å². The summed E-state index contributed by atoms with van der Waals surface area (Å²) in [6.07, 6.45) is 1.22. The smallest absolute Gasteiger partial charge is 0.262 e. The predicted octanol–water partition coefficient (Wildman–Crippen LogP) is 3.29. The Balaban J connectivity index is 1.94. The Morgan fingerprint density at radius 2 is 1.96 bits per heavy atom. The molecule has 0 amide bonds. The molecule has 0 atom stereocenters. The highest BCUT2D eigenvalue weighted by Gasteiger charge is 2.20. The molecule has 3 aromatic rings. The van der Waals surface area contributed by atoms with Crippen LogP contribution in [0.2, 0.25) is 0 Å². The lowest BCUT2D eigenvalue weighted by atomic mass is 10.1. The molecular formula is C16H14FN3O3S. The van der Waals surface area contributed by atoms with E-state index in [1.165, 1.54) is 31.5 Å². The third kappa shape index (κ3) is 3.00. The molecule has 0 unspecified atom stereocenters. The molecule has 124 valence electrons. The van der Waals surface area contributed by atoms with Crippen LogP contribution in [-0.2, 0) is 10.0 Å². The largest absolute Gasteiger partial charge is 0.423 e. The lowest BCUT2D eigenvalue weighted by Gasteiger charge is -2.13. The van der Waals surface area contributed by atoms with Crippen LogP contribution in [0.15, 0.2) is 52.1 Å². The Kier molecular flexibility index (Phi) is 4.06. The van der Waals surface area contributed by atoms with Crippen LogP contribution in [0.25, 0.3) is 11.5 Å². The highest BCUT2D eigenvalue weighted by atomic mass is 32.2. The number of hydrogen-bond donors (Lipinski definition) is 1. The Morgan fingerprint density at radius 3 is 2.62 bits per heavy atom. The summed E-state index contributed by atoms with van der Waals surface area (Å²) in [6, 6.07) is 8.94. The molecule has 1 heterocycles. The van der Waals surface area contributed by atoms with Gasteiger partial charge in [-0.25, -0.2) is 12.8 Å². The monoisotopic (exact) mass is 347 g/mol. The van der Waals surface area contributed by atoms with Gasteiger partial charge in [-0.15, -0.1) is 10.2 Å². The van der Waals surface area contributed by atoms with Crippen molar-refractivity contribution >= 4 is 15.7 Å². The number of aryl methyl sites for hydroxylation is 1. The Hall–Kier alpha value is -2.74. The fraction of sp³-hybridized carbons (Fsp3) is 0.125. The molecule has 3 rings (SSSR count). The molecule has 0 bridgehead atoms. The first-order chi connectivity index (χ1) is 11.4. The fourth-order valence-corrected chi connectivity index (χ4v) is 3.68. The summed E-state index contributed by atoms with van der Waals surface area (Å²) in [7, 11) is -3.90. The van der Waals surface area contributed by atoms with Gasteiger partial charge in [0.1, 0.15) is 5.82 Å². The van der Waals surface area contributed by atoms with Crippen LogP contribution in [-0.4, -0.2) is 18.6 Å². The standard InChI is InChI=1S/C16H14FN3O3S/c1-10-8-12(16-19-18-9-23-16)6-7-14(10)20-24(21,22)15-5-3-4-13(17)11(15)2/h3-9,20H,1-2H3. The molecule has 24 heavy (non-hydrogen) atoms. The topological polar surface area (TPSA) is 85.1 Å². The third-order valence-electron chi connectivity index (χ3n) is 3.59. The molecule has 0 aliphatic carbocycles. The number of hydrogen-bond acceptors (Lipinski definition) is 5. The molecule has 1 N–H and O–H groups in total. The van der Waals surface area contributed by atoms with Gasteiger partial charge in [-0.2, -0.15) is 0 Å². The maximum atomic E-state index is 13.6. The molecular weight excluding hydrogens is 333 g/mol. The normalized spacial score (nSPS) is 11.5. The molecule has 8 heteroatoms. The molecule has 1 aromatic heterocycles. The predicted molar refractivity (Wildman–Crippen MR) is 86.4 cm³/mol. The lowest BCUT2D eigenvalue weighted by Crippen LogP contribution is -2.15. The minimum Gasteiger partial charge on any atom is -0.423 e. The van der Waals surface area contributed by atoms with Gasteiger partial charge in [0.25, 0.3) is 10.0 Å². The highest BCUT2D eigenvalue weighted by molar-refractivity contribution is 7.92. The van der Waals surface area contributed by atoms with Gasteiger partial charge in [0.15, 0.2) is 0 Å². The van der Waals surface area contributed by atoms with Gasteiger partial charge in [-0.1, -0.05) is 6.07 Å². The zero-order valence-electron chi connectivity index (χ0n) is 12.9. The molecule has 0 saturated heterocycles. The van der Waals surface area contributed by atoms with Crippen molar-refractivity contribution in [2.75, 3.05) is 4.72 Å². The second-order valence-corrected chi connectivity index (χ2v) is 6.89. The fourth-order valence-electron chi connectivity index (χ4n) is 2.29. The summed E-state index contributed by atoms with van der Waals surface area (Å²) in [5.74, 6) is -0.227. The van der Waals surface area contributed by atoms with Gasteiger partial charge >= 0.3 is 0 Å². The first-order valence-electron chi connectivity index (χ1n) is 7.03. The van der Waals surface area contributed by atoms with E-state index in [1.807, 2.05) is 0 Å². The van der Waals surface area contributed by atoms with E-state index in [0.717, 1.165) is 0 Å². The van der Waals surface area contributed by atoms with Crippen LogP contribution in [0.5, 0.6) is 0 Å². The molecule has 0 aliphatic heterocycles. The Bertz CT molecular complexity index is 986. The molecule has 0 spiro atoms.